The summed E-state index contributed by atoms with van der Waals surface area (Å²) in [6.45, 7) is 4.59. The molecule has 1 aliphatic rings. The zero-order chi connectivity index (χ0) is 29.6. The molecule has 1 amide bonds. The molecule has 3 aromatic rings. The van der Waals surface area contributed by atoms with Gasteiger partial charge in [-0.05, 0) is 46.5 Å². The normalized spacial score (nSPS) is 17.6. The van der Waals surface area contributed by atoms with Crippen molar-refractivity contribution in [1.82, 2.24) is 10.9 Å². The minimum Gasteiger partial charge on any atom is -0.494 e. The molecule has 4 rings (SSSR count). The summed E-state index contributed by atoms with van der Waals surface area (Å²) in [6, 6.07) is 24.4. The number of nitrogens with one attached hydrogen (secondary N) is 2. The van der Waals surface area contributed by atoms with Crippen LogP contribution in [-0.4, -0.2) is 42.2 Å². The number of aliphatic hydroxyl groups is 1. The number of aliphatic hydroxyl groups excluding tert-OH is 1. The number of nitrogens with zero attached hydrogens (tertiary/aromatic N) is 4. The van der Waals surface area contributed by atoms with Gasteiger partial charge in [0.05, 0.1) is 13.2 Å². The second-order valence-electron chi connectivity index (χ2n) is 9.52. The van der Waals surface area contributed by atoms with Gasteiger partial charge < -0.3 is 14.6 Å². The second-order valence-corrected chi connectivity index (χ2v) is 9.52. The van der Waals surface area contributed by atoms with Crippen LogP contribution in [0.3, 0.4) is 0 Å². The first kappa shape index (κ1) is 30.1. The molecule has 0 saturated heterocycles. The number of aliphatic imine (C=N–C) groups is 1. The van der Waals surface area contributed by atoms with Crippen molar-refractivity contribution in [2.75, 3.05) is 19.8 Å². The number of carbonyl (C=O) groups is 1. The zero-order valence-electron chi connectivity index (χ0n) is 23.2. The molecule has 3 aromatic carbocycles. The van der Waals surface area contributed by atoms with Crippen molar-refractivity contribution in [3.05, 3.63) is 130 Å². The third-order valence-corrected chi connectivity index (χ3v) is 6.66. The number of azide groups is 1. The number of benzene rings is 3. The van der Waals surface area contributed by atoms with E-state index in [1.165, 1.54) is 0 Å². The molecule has 0 unspecified atom stereocenters. The van der Waals surface area contributed by atoms with Crippen molar-refractivity contribution in [2.45, 2.75) is 31.0 Å². The Balaban J connectivity index is 1.78. The smallest absolute Gasteiger partial charge is 0.266 e. The van der Waals surface area contributed by atoms with Crippen LogP contribution in [0.15, 0.2) is 108 Å². The Kier molecular flexibility index (Phi) is 10.9. The summed E-state index contributed by atoms with van der Waals surface area (Å²) in [6.07, 6.45) is 5.42. The minimum absolute atomic E-state index is 0.0514. The highest BCUT2D eigenvalue weighted by atomic mass is 16.5. The molecule has 0 aromatic heterocycles. The molecule has 0 aliphatic carbocycles. The summed E-state index contributed by atoms with van der Waals surface area (Å²) < 4.78 is 12.2. The summed E-state index contributed by atoms with van der Waals surface area (Å²) in [5.41, 5.74) is 16.3. The lowest BCUT2D eigenvalue weighted by molar-refractivity contribution is -0.129. The van der Waals surface area contributed by atoms with Gasteiger partial charge in [-0.25, -0.2) is 10.4 Å². The van der Waals surface area contributed by atoms with Gasteiger partial charge in [0.25, 0.3) is 5.91 Å². The number of carbonyl (C=O) groups excluding carboxylic acids is 1. The molecule has 0 spiro atoms. The van der Waals surface area contributed by atoms with Crippen LogP contribution >= 0.6 is 0 Å². The van der Waals surface area contributed by atoms with Crippen LogP contribution in [0, 0.1) is 0 Å². The van der Waals surface area contributed by atoms with E-state index in [4.69, 9.17) is 25.1 Å². The molecule has 1 heterocycles. The third kappa shape index (κ3) is 7.44. The fraction of sp³-hybridized carbons (Fsp3) is 0.250. The fourth-order valence-electron chi connectivity index (χ4n) is 4.58. The van der Waals surface area contributed by atoms with Gasteiger partial charge in [-0.2, -0.15) is 0 Å². The number of rotatable bonds is 15. The van der Waals surface area contributed by atoms with Crippen LogP contribution in [-0.2, 0) is 16.1 Å². The Morgan fingerprint density at radius 2 is 1.90 bits per heavy atom. The lowest BCUT2D eigenvalue weighted by Crippen LogP contribution is -2.52. The molecule has 42 heavy (non-hydrogen) atoms. The van der Waals surface area contributed by atoms with E-state index in [1.54, 1.807) is 18.2 Å². The van der Waals surface area contributed by atoms with Gasteiger partial charge in [-0.1, -0.05) is 77.9 Å². The SMILES string of the molecule is C=CCNNC(=O)[C@@]1(C/C=C/c2ccccc2)N=C(c2ccc(OCCCO)cc2)O[C@H]1c1ccccc1CN=[N+]=[N-]. The van der Waals surface area contributed by atoms with Gasteiger partial charge in [0.15, 0.2) is 11.6 Å². The van der Waals surface area contributed by atoms with Crippen LogP contribution in [0.5, 0.6) is 5.75 Å². The predicted molar refractivity (Wildman–Crippen MR) is 162 cm³/mol. The Hall–Kier alpha value is -4.89. The van der Waals surface area contributed by atoms with Crippen molar-refractivity contribution >= 4 is 17.9 Å². The molecule has 216 valence electrons. The lowest BCUT2D eigenvalue weighted by Gasteiger charge is -2.30. The van der Waals surface area contributed by atoms with Gasteiger partial charge in [-0.3, -0.25) is 10.2 Å². The van der Waals surface area contributed by atoms with E-state index in [1.807, 2.05) is 78.9 Å². The molecule has 1 aliphatic heterocycles. The topological polar surface area (TPSA) is 141 Å². The molecule has 2 atom stereocenters. The predicted octanol–water partition coefficient (Wildman–Crippen LogP) is 5.43. The Labute approximate surface area is 245 Å². The number of amides is 1. The maximum atomic E-state index is 14.0. The Morgan fingerprint density at radius 1 is 1.14 bits per heavy atom. The lowest BCUT2D eigenvalue weighted by atomic mass is 9.82. The molecule has 0 bridgehead atoms. The van der Waals surface area contributed by atoms with Crippen LogP contribution in [0.25, 0.3) is 16.5 Å². The standard InChI is InChI=1S/C32H34N6O4/c1-2-20-34-37-31(40)32(19-8-12-24-10-4-3-5-11-24)29(28-14-7-6-13-26(28)23-35-38-33)42-30(36-32)25-15-17-27(18-16-25)41-22-9-21-39/h2-8,10-18,29,34,39H,1,9,19-23H2,(H,37,40)/b12-8+/t29-,32-/m0/s1. The largest absolute Gasteiger partial charge is 0.494 e. The molecule has 10 nitrogen and oxygen atoms in total. The molecule has 3 N–H and O–H groups in total. The molecular weight excluding hydrogens is 532 g/mol. The summed E-state index contributed by atoms with van der Waals surface area (Å²) in [5, 5.41) is 12.8. The van der Waals surface area contributed by atoms with Crippen LogP contribution in [0.1, 0.15) is 41.2 Å². The first-order valence-electron chi connectivity index (χ1n) is 13.7. The monoisotopic (exact) mass is 566 g/mol. The van der Waals surface area contributed by atoms with Crippen molar-refractivity contribution in [2.24, 2.45) is 10.1 Å². The molecule has 0 fully saturated rings. The maximum absolute atomic E-state index is 14.0. The second kappa shape index (κ2) is 15.2. The van der Waals surface area contributed by atoms with Crippen molar-refractivity contribution < 1.29 is 19.4 Å². The highest BCUT2D eigenvalue weighted by Crippen LogP contribution is 2.44. The van der Waals surface area contributed by atoms with Crippen molar-refractivity contribution in [1.29, 1.82) is 0 Å². The third-order valence-electron chi connectivity index (χ3n) is 6.66. The Bertz CT molecular complexity index is 1450. The van der Waals surface area contributed by atoms with Gasteiger partial charge in [0, 0.05) is 36.5 Å². The van der Waals surface area contributed by atoms with E-state index in [2.05, 4.69) is 27.5 Å². The fourth-order valence-corrected chi connectivity index (χ4v) is 4.58. The number of hydrazine groups is 1. The average molecular weight is 567 g/mol. The Morgan fingerprint density at radius 3 is 2.64 bits per heavy atom. The summed E-state index contributed by atoms with van der Waals surface area (Å²) in [5.74, 6) is 0.558. The van der Waals surface area contributed by atoms with Gasteiger partial charge in [0.2, 0.25) is 5.90 Å². The summed E-state index contributed by atoms with van der Waals surface area (Å²) >= 11 is 0. The number of hydrogen-bond acceptors (Lipinski definition) is 7. The van der Waals surface area contributed by atoms with Crippen LogP contribution in [0.2, 0.25) is 0 Å². The van der Waals surface area contributed by atoms with Crippen molar-refractivity contribution in [3.8, 4) is 5.75 Å². The van der Waals surface area contributed by atoms with E-state index in [9.17, 15) is 4.79 Å². The highest BCUT2D eigenvalue weighted by Gasteiger charge is 2.53. The molecule has 0 radical (unpaired) electrons. The van der Waals surface area contributed by atoms with E-state index >= 15 is 0 Å². The number of hydrogen-bond donors (Lipinski definition) is 3. The zero-order valence-corrected chi connectivity index (χ0v) is 23.2. The van der Waals surface area contributed by atoms with Gasteiger partial charge in [0.1, 0.15) is 5.75 Å². The van der Waals surface area contributed by atoms with E-state index in [0.717, 1.165) is 11.1 Å². The molecular formula is C32H34N6O4. The quantitative estimate of drug-likeness (QED) is 0.0562. The highest BCUT2D eigenvalue weighted by molar-refractivity contribution is 6.01. The van der Waals surface area contributed by atoms with Gasteiger partial charge in [-0.15, -0.1) is 6.58 Å². The summed E-state index contributed by atoms with van der Waals surface area (Å²) in [4.78, 5) is 21.9. The van der Waals surface area contributed by atoms with Gasteiger partial charge >= 0.3 is 0 Å². The summed E-state index contributed by atoms with van der Waals surface area (Å²) in [7, 11) is 0. The van der Waals surface area contributed by atoms with Crippen LogP contribution in [0.4, 0.5) is 0 Å². The van der Waals surface area contributed by atoms with Crippen molar-refractivity contribution in [3.63, 3.8) is 0 Å². The number of ether oxygens (including phenoxy) is 2. The van der Waals surface area contributed by atoms with Crippen LogP contribution < -0.4 is 15.6 Å². The first-order chi connectivity index (χ1) is 20.6. The maximum Gasteiger partial charge on any atom is 0.266 e. The molecule has 10 heteroatoms. The minimum atomic E-state index is -1.41. The van der Waals surface area contributed by atoms with E-state index in [0.29, 0.717) is 42.3 Å². The molecule has 0 saturated carbocycles. The first-order valence-corrected chi connectivity index (χ1v) is 13.7. The average Bonchev–Trinajstić information content (AvgIpc) is 3.42. The van der Waals surface area contributed by atoms with E-state index in [-0.39, 0.29) is 25.5 Å². The van der Waals surface area contributed by atoms with E-state index < -0.39 is 11.6 Å².